The molecular weight excluding hydrogens is 1020 g/mol. The Morgan fingerprint density at radius 1 is 0.475 bits per heavy atom. The van der Waals surface area contributed by atoms with Crippen molar-refractivity contribution >= 4 is 17.7 Å². The van der Waals surface area contributed by atoms with Crippen molar-refractivity contribution in [3.05, 3.63) is 157 Å². The average molecular weight is 1120 g/mol. The van der Waals surface area contributed by atoms with Crippen LogP contribution in [0.25, 0.3) is 0 Å². The molecule has 0 amide bonds. The highest BCUT2D eigenvalue weighted by molar-refractivity contribution is 5.86. The molecule has 16 N–H and O–H groups in total. The van der Waals surface area contributed by atoms with Crippen molar-refractivity contribution in [1.82, 2.24) is 0 Å². The van der Waals surface area contributed by atoms with Gasteiger partial charge in [-0.3, -0.25) is 9.79 Å². The minimum Gasteiger partial charge on any atom is -0.478 e. The summed E-state index contributed by atoms with van der Waals surface area (Å²) in [6.07, 6.45) is 37.9. The van der Waals surface area contributed by atoms with E-state index in [-0.39, 0.29) is 92.9 Å². The van der Waals surface area contributed by atoms with Crippen LogP contribution in [-0.4, -0.2) is 153 Å². The third kappa shape index (κ3) is 43.4. The first-order valence-corrected chi connectivity index (χ1v) is 28.0. The number of aliphatic hydroxyl groups is 11. The molecule has 450 valence electrons. The maximum absolute atomic E-state index is 12.7. The van der Waals surface area contributed by atoms with E-state index in [2.05, 4.69) is 4.99 Å². The molecule has 0 heterocycles. The predicted molar refractivity (Wildman–Crippen MR) is 320 cm³/mol. The van der Waals surface area contributed by atoms with Crippen molar-refractivity contribution in [2.45, 2.75) is 191 Å². The summed E-state index contributed by atoms with van der Waals surface area (Å²) in [5.74, 6) is -1.87. The van der Waals surface area contributed by atoms with Crippen LogP contribution in [0.1, 0.15) is 124 Å². The topological polar surface area (TPSA) is 341 Å². The Morgan fingerprint density at radius 3 is 1.46 bits per heavy atom. The Bertz CT molecular complexity index is 2100. The number of aliphatic carboxylic acids is 1. The molecule has 0 aromatic heterocycles. The molecule has 0 saturated carbocycles. The van der Waals surface area contributed by atoms with E-state index in [1.807, 2.05) is 92.8 Å². The molecular formula is C63H99N3O14. The zero-order valence-electron chi connectivity index (χ0n) is 47.6. The van der Waals surface area contributed by atoms with Gasteiger partial charge < -0.3 is 72.7 Å². The highest BCUT2D eigenvalue weighted by atomic mass is 16.4. The molecule has 0 aliphatic carbocycles. The first-order valence-electron chi connectivity index (χ1n) is 28.0. The third-order valence-corrected chi connectivity index (χ3v) is 12.7. The minimum atomic E-state index is -1.05. The van der Waals surface area contributed by atoms with Gasteiger partial charge in [0.1, 0.15) is 5.78 Å². The number of hydrogen-bond donors (Lipinski definition) is 14. The summed E-state index contributed by atoms with van der Waals surface area (Å²) < 4.78 is 0. The van der Waals surface area contributed by atoms with Gasteiger partial charge >= 0.3 is 5.97 Å². The zero-order chi connectivity index (χ0) is 60.1. The normalized spacial score (nSPS) is 18.8. The third-order valence-electron chi connectivity index (χ3n) is 12.7. The summed E-state index contributed by atoms with van der Waals surface area (Å²) in [4.78, 5) is 27.3. The van der Waals surface area contributed by atoms with E-state index in [9.17, 15) is 65.8 Å². The van der Waals surface area contributed by atoms with Crippen molar-refractivity contribution < 1.29 is 70.9 Å². The largest absolute Gasteiger partial charge is 0.478 e. The number of guanidine groups is 1. The summed E-state index contributed by atoms with van der Waals surface area (Å²) >= 11 is 0. The number of allylic oxidation sites excluding steroid dienone is 17. The lowest BCUT2D eigenvalue weighted by molar-refractivity contribution is -0.132. The molecule has 14 atom stereocenters. The van der Waals surface area contributed by atoms with Crippen LogP contribution < -0.4 is 11.5 Å². The van der Waals surface area contributed by atoms with Crippen LogP contribution >= 0.6 is 0 Å². The fourth-order valence-electron chi connectivity index (χ4n) is 7.79. The molecule has 0 fully saturated rings. The maximum atomic E-state index is 12.7. The number of carbonyl (C=O) groups excluding carboxylic acids is 1. The lowest BCUT2D eigenvalue weighted by Gasteiger charge is -2.25. The van der Waals surface area contributed by atoms with Crippen molar-refractivity contribution in [2.75, 3.05) is 6.54 Å². The summed E-state index contributed by atoms with van der Waals surface area (Å²) in [7, 11) is 0. The van der Waals surface area contributed by atoms with Crippen LogP contribution in [0.15, 0.2) is 162 Å². The minimum absolute atomic E-state index is 0.0135. The summed E-state index contributed by atoms with van der Waals surface area (Å²) in [6.45, 7) is 7.45. The first kappa shape index (κ1) is 74.6. The van der Waals surface area contributed by atoms with E-state index >= 15 is 0 Å². The quantitative estimate of drug-likeness (QED) is 0.00798. The Balaban J connectivity index is 4.40. The monoisotopic (exact) mass is 1120 g/mol. The number of rotatable bonds is 45. The number of unbranched alkanes of at least 4 members (excludes halogenated alkanes) is 1. The summed E-state index contributed by atoms with van der Waals surface area (Å²) in [5, 5.41) is 123. The highest BCUT2D eigenvalue weighted by Gasteiger charge is 2.24. The SMILES string of the molecule is CC(=CC=CC=CCCC=CC(C)C(O)C(C)C(O)C=CC=CC=CC=CC=CC=CCCC(C)C(=O)CC(O)CC(O)C=CCC(O)CC(O)CC(O)C=CCC(O)CC(O)C=CCC(O)CC(O)CCCN=C(N)N)C(=O)O. The molecule has 0 aliphatic heterocycles. The van der Waals surface area contributed by atoms with Crippen LogP contribution in [0.3, 0.4) is 0 Å². The van der Waals surface area contributed by atoms with Gasteiger partial charge in [-0.25, -0.2) is 4.79 Å². The summed E-state index contributed by atoms with van der Waals surface area (Å²) in [6, 6.07) is 0. The second kappa shape index (κ2) is 47.3. The molecule has 0 aromatic carbocycles. The van der Waals surface area contributed by atoms with Gasteiger partial charge in [-0.05, 0) is 77.6 Å². The fourth-order valence-corrected chi connectivity index (χ4v) is 7.79. The van der Waals surface area contributed by atoms with Crippen molar-refractivity contribution in [3.8, 4) is 0 Å². The van der Waals surface area contributed by atoms with Crippen LogP contribution in [0.5, 0.6) is 0 Å². The molecule has 17 nitrogen and oxygen atoms in total. The number of aliphatic hydroxyl groups excluding tert-OH is 11. The van der Waals surface area contributed by atoms with E-state index in [0.717, 1.165) is 12.8 Å². The Labute approximate surface area is 476 Å². The van der Waals surface area contributed by atoms with Gasteiger partial charge in [-0.2, -0.15) is 0 Å². The summed E-state index contributed by atoms with van der Waals surface area (Å²) in [5.41, 5.74) is 10.8. The molecule has 17 heteroatoms. The predicted octanol–water partition coefficient (Wildman–Crippen LogP) is 6.26. The second-order valence-electron chi connectivity index (χ2n) is 20.4. The number of Topliss-reactive ketones (excluding diaryl/α,β-unsaturated/α-hetero) is 1. The maximum Gasteiger partial charge on any atom is 0.331 e. The van der Waals surface area contributed by atoms with Crippen LogP contribution in [-0.2, 0) is 9.59 Å². The van der Waals surface area contributed by atoms with Gasteiger partial charge in [0.15, 0.2) is 5.96 Å². The number of carbonyl (C=O) groups is 2. The number of carboxylic acids is 1. The van der Waals surface area contributed by atoms with Gasteiger partial charge in [0.2, 0.25) is 0 Å². The molecule has 0 aromatic rings. The molecule has 0 aliphatic rings. The number of aliphatic imine (C=N–C) groups is 1. The molecule has 0 spiro atoms. The molecule has 0 saturated heterocycles. The number of carboxylic acid groups (broad SMARTS) is 1. The Kier molecular flexibility index (Phi) is 44.1. The van der Waals surface area contributed by atoms with Crippen molar-refractivity contribution in [2.24, 2.45) is 34.2 Å². The van der Waals surface area contributed by atoms with Crippen molar-refractivity contribution in [1.29, 1.82) is 0 Å². The van der Waals surface area contributed by atoms with Crippen LogP contribution in [0, 0.1) is 17.8 Å². The van der Waals surface area contributed by atoms with Crippen molar-refractivity contribution in [3.63, 3.8) is 0 Å². The first-order chi connectivity index (χ1) is 38.0. The second-order valence-corrected chi connectivity index (χ2v) is 20.4. The molecule has 0 bridgehead atoms. The zero-order valence-corrected chi connectivity index (χ0v) is 47.6. The standard InChI is InChI=1S/C63H99N3O14/c1-46(28-20-16-12-9-7-5-6-8-10-15-19-23-38-59(76)49(4)61(78)47(2)29-21-17-13-11-14-18-22-30-48(3)62(79)80)60(77)45-58(75)44-55(72)36-26-35-54(71)43-57(74)42-53(70)34-25-33-51(68)40-50(67)31-24-32-52(69)41-56(73)37-27-39-66-63(64)65/h5-12,14-16,18-19,21-26,29-31,34,36,38,46-47,49-59,61,67-76,78H,13,17,20,27-28,32-33,35,37,39-45H2,1-4H3,(H,79,80)(H4,64,65,66). The van der Waals surface area contributed by atoms with E-state index in [1.165, 1.54) is 43.4 Å². The average Bonchev–Trinajstić information content (AvgIpc) is 3.38. The smallest absolute Gasteiger partial charge is 0.331 e. The number of hydrogen-bond acceptors (Lipinski definition) is 14. The number of nitrogens with zero attached hydrogens (tertiary/aromatic N) is 1. The lowest BCUT2D eigenvalue weighted by atomic mass is 9.88. The molecule has 80 heavy (non-hydrogen) atoms. The fraction of sp³-hybridized carbons (Fsp3) is 0.540. The molecule has 0 rings (SSSR count). The van der Waals surface area contributed by atoms with Gasteiger partial charge in [0.05, 0.1) is 67.1 Å². The molecule has 0 radical (unpaired) electrons. The lowest BCUT2D eigenvalue weighted by Crippen LogP contribution is -2.32. The Morgan fingerprint density at radius 2 is 0.925 bits per heavy atom. The van der Waals surface area contributed by atoms with E-state index < -0.39 is 73.1 Å². The molecule has 14 unspecified atom stereocenters. The van der Waals surface area contributed by atoms with Gasteiger partial charge in [0.25, 0.3) is 0 Å². The van der Waals surface area contributed by atoms with Gasteiger partial charge in [0, 0.05) is 55.6 Å². The number of nitrogens with two attached hydrogens (primary N) is 2. The van der Waals surface area contributed by atoms with E-state index in [1.54, 1.807) is 43.4 Å². The van der Waals surface area contributed by atoms with E-state index in [0.29, 0.717) is 32.2 Å². The van der Waals surface area contributed by atoms with Crippen LogP contribution in [0.2, 0.25) is 0 Å². The number of ketones is 1. The van der Waals surface area contributed by atoms with E-state index in [4.69, 9.17) is 16.6 Å². The Hall–Kier alpha value is -5.41. The van der Waals surface area contributed by atoms with Crippen LogP contribution in [0.4, 0.5) is 0 Å². The van der Waals surface area contributed by atoms with Gasteiger partial charge in [-0.1, -0.05) is 173 Å². The highest BCUT2D eigenvalue weighted by Crippen LogP contribution is 2.20. The van der Waals surface area contributed by atoms with Gasteiger partial charge in [-0.15, -0.1) is 0 Å².